The van der Waals surface area contributed by atoms with E-state index in [0.717, 1.165) is 12.1 Å². The predicted octanol–water partition coefficient (Wildman–Crippen LogP) is 4.75. The topological polar surface area (TPSA) is 38.3 Å². The van der Waals surface area contributed by atoms with Gasteiger partial charge in [0.1, 0.15) is 22.9 Å². The molecule has 21 heavy (non-hydrogen) atoms. The van der Waals surface area contributed by atoms with Crippen molar-refractivity contribution in [3.63, 3.8) is 0 Å². The molecule has 2 rings (SSSR count). The molecule has 0 aliphatic heterocycles. The summed E-state index contributed by atoms with van der Waals surface area (Å²) in [4.78, 5) is 12.0. The van der Waals surface area contributed by atoms with Gasteiger partial charge in [0.2, 0.25) is 0 Å². The van der Waals surface area contributed by atoms with Gasteiger partial charge >= 0.3 is 0 Å². The van der Waals surface area contributed by atoms with Crippen molar-refractivity contribution in [1.29, 1.82) is 0 Å². The number of rotatable bonds is 3. The summed E-state index contributed by atoms with van der Waals surface area (Å²) in [6.45, 7) is 0. The fraction of sp³-hybridized carbons (Fsp3) is 0.0714. The van der Waals surface area contributed by atoms with Crippen LogP contribution in [0.1, 0.15) is 10.4 Å². The van der Waals surface area contributed by atoms with Crippen molar-refractivity contribution in [3.05, 3.63) is 56.5 Å². The second-order valence-electron chi connectivity index (χ2n) is 4.05. The van der Waals surface area contributed by atoms with Crippen molar-refractivity contribution >= 4 is 43.5 Å². The average Bonchev–Trinajstić information content (AvgIpc) is 2.39. The van der Waals surface area contributed by atoms with Gasteiger partial charge in [-0.25, -0.2) is 8.78 Å². The molecule has 2 aromatic carbocycles. The lowest BCUT2D eigenvalue weighted by molar-refractivity contribution is 0.101. The lowest BCUT2D eigenvalue weighted by Crippen LogP contribution is -2.16. The molecular formula is C14H9Br2F2NO2. The Labute approximate surface area is 136 Å². The molecule has 110 valence electrons. The third kappa shape index (κ3) is 3.59. The zero-order chi connectivity index (χ0) is 15.6. The zero-order valence-electron chi connectivity index (χ0n) is 10.7. The van der Waals surface area contributed by atoms with E-state index in [1.807, 2.05) is 0 Å². The van der Waals surface area contributed by atoms with Gasteiger partial charge in [0, 0.05) is 16.2 Å². The Hall–Kier alpha value is -1.47. The maximum Gasteiger partial charge on any atom is 0.261 e. The molecule has 7 heteroatoms. The maximum absolute atomic E-state index is 13.7. The first-order valence-corrected chi connectivity index (χ1v) is 7.30. The molecule has 0 aliphatic rings. The molecule has 1 amide bonds. The summed E-state index contributed by atoms with van der Waals surface area (Å²) in [5.74, 6) is -2.27. The van der Waals surface area contributed by atoms with E-state index in [1.54, 1.807) is 12.1 Å². The molecule has 0 fully saturated rings. The largest absolute Gasteiger partial charge is 0.495 e. The lowest BCUT2D eigenvalue weighted by atomic mass is 10.1. The molecule has 2 aromatic rings. The first-order valence-electron chi connectivity index (χ1n) is 5.72. The second-order valence-corrected chi connectivity index (χ2v) is 5.82. The molecule has 0 saturated carbocycles. The number of ether oxygens (including phenoxy) is 1. The van der Waals surface area contributed by atoms with Crippen molar-refractivity contribution in [2.75, 3.05) is 12.4 Å². The number of methoxy groups -OCH3 is 1. The Morgan fingerprint density at radius 3 is 2.33 bits per heavy atom. The fourth-order valence-electron chi connectivity index (χ4n) is 1.69. The molecule has 0 aromatic heterocycles. The van der Waals surface area contributed by atoms with Crippen LogP contribution in [0.25, 0.3) is 0 Å². The van der Waals surface area contributed by atoms with Crippen molar-refractivity contribution in [1.82, 2.24) is 0 Å². The lowest BCUT2D eigenvalue weighted by Gasteiger charge is -2.10. The Bertz CT molecular complexity index is 684. The number of amides is 1. The zero-order valence-corrected chi connectivity index (χ0v) is 13.9. The van der Waals surface area contributed by atoms with Crippen molar-refractivity contribution in [2.45, 2.75) is 0 Å². The minimum absolute atomic E-state index is 0.222. The minimum Gasteiger partial charge on any atom is -0.495 e. The highest BCUT2D eigenvalue weighted by molar-refractivity contribution is 9.10. The van der Waals surface area contributed by atoms with Gasteiger partial charge in [-0.05, 0) is 40.2 Å². The van der Waals surface area contributed by atoms with Gasteiger partial charge in [-0.1, -0.05) is 15.9 Å². The van der Waals surface area contributed by atoms with Gasteiger partial charge in [-0.2, -0.15) is 0 Å². The van der Waals surface area contributed by atoms with Crippen molar-refractivity contribution < 1.29 is 18.3 Å². The van der Waals surface area contributed by atoms with Crippen molar-refractivity contribution in [2.24, 2.45) is 0 Å². The van der Waals surface area contributed by atoms with E-state index in [0.29, 0.717) is 15.9 Å². The quantitative estimate of drug-likeness (QED) is 0.777. The summed E-state index contributed by atoms with van der Waals surface area (Å²) in [6.07, 6.45) is 0. The molecule has 0 spiro atoms. The summed E-state index contributed by atoms with van der Waals surface area (Å²) in [5, 5.41) is 2.43. The minimum atomic E-state index is -0.941. The number of carbonyl (C=O) groups is 1. The van der Waals surface area contributed by atoms with Crippen LogP contribution in [-0.4, -0.2) is 13.0 Å². The van der Waals surface area contributed by atoms with Gasteiger partial charge in [-0.15, -0.1) is 0 Å². The van der Waals surface area contributed by atoms with Crippen LogP contribution in [0.3, 0.4) is 0 Å². The molecule has 0 saturated heterocycles. The van der Waals surface area contributed by atoms with Gasteiger partial charge in [0.25, 0.3) is 5.91 Å². The predicted molar refractivity (Wildman–Crippen MR) is 82.7 cm³/mol. The highest BCUT2D eigenvalue weighted by Gasteiger charge is 2.18. The smallest absolute Gasteiger partial charge is 0.261 e. The van der Waals surface area contributed by atoms with Crippen LogP contribution >= 0.6 is 31.9 Å². The maximum atomic E-state index is 13.7. The van der Waals surface area contributed by atoms with Crippen LogP contribution in [0.15, 0.2) is 39.3 Å². The monoisotopic (exact) mass is 419 g/mol. The molecule has 0 aliphatic carbocycles. The van der Waals surface area contributed by atoms with Gasteiger partial charge in [-0.3, -0.25) is 4.79 Å². The Morgan fingerprint density at radius 2 is 1.76 bits per heavy atom. The number of hydrogen-bond acceptors (Lipinski definition) is 2. The number of nitrogens with one attached hydrogen (secondary N) is 1. The summed E-state index contributed by atoms with van der Waals surface area (Å²) in [7, 11) is 1.47. The number of halogens is 4. The van der Waals surface area contributed by atoms with Crippen LogP contribution < -0.4 is 10.1 Å². The molecule has 0 atom stereocenters. The van der Waals surface area contributed by atoms with Crippen LogP contribution in [0.5, 0.6) is 5.75 Å². The third-order valence-corrected chi connectivity index (χ3v) is 3.76. The number of anilines is 1. The molecule has 1 N–H and O–H groups in total. The molecule has 0 unspecified atom stereocenters. The summed E-state index contributed by atoms with van der Waals surface area (Å²) < 4.78 is 33.4. The van der Waals surface area contributed by atoms with Crippen LogP contribution in [0.2, 0.25) is 0 Å². The fourth-order valence-corrected chi connectivity index (χ4v) is 2.50. The van der Waals surface area contributed by atoms with E-state index in [1.165, 1.54) is 13.2 Å². The number of benzene rings is 2. The molecule has 0 radical (unpaired) electrons. The van der Waals surface area contributed by atoms with E-state index < -0.39 is 23.1 Å². The molecule has 3 nitrogen and oxygen atoms in total. The summed E-state index contributed by atoms with van der Waals surface area (Å²) in [6, 6.07) is 6.83. The standard InChI is InChI=1S/C14H9Br2F2NO2/c1-21-12-6-8(2-3-9(12)16)19-14(20)13-10(17)4-7(15)5-11(13)18/h2-6H,1H3,(H,19,20). The highest BCUT2D eigenvalue weighted by Crippen LogP contribution is 2.28. The molecular weight excluding hydrogens is 412 g/mol. The van der Waals surface area contributed by atoms with E-state index in [4.69, 9.17) is 4.74 Å². The highest BCUT2D eigenvalue weighted by atomic mass is 79.9. The Kier molecular flexibility index (Phi) is 4.95. The summed E-state index contributed by atoms with van der Waals surface area (Å²) >= 11 is 6.23. The van der Waals surface area contributed by atoms with Crippen LogP contribution in [0, 0.1) is 11.6 Å². The first kappa shape index (κ1) is 15.9. The number of hydrogen-bond donors (Lipinski definition) is 1. The molecule has 0 heterocycles. The normalized spacial score (nSPS) is 10.3. The SMILES string of the molecule is COc1cc(NC(=O)c2c(F)cc(Br)cc2F)ccc1Br. The van der Waals surface area contributed by atoms with Crippen LogP contribution in [-0.2, 0) is 0 Å². The second kappa shape index (κ2) is 6.53. The van der Waals surface area contributed by atoms with Crippen LogP contribution in [0.4, 0.5) is 14.5 Å². The first-order chi connectivity index (χ1) is 9.92. The van der Waals surface area contributed by atoms with Gasteiger partial charge < -0.3 is 10.1 Å². The van der Waals surface area contributed by atoms with E-state index >= 15 is 0 Å². The van der Waals surface area contributed by atoms with Crippen molar-refractivity contribution in [3.8, 4) is 5.75 Å². The van der Waals surface area contributed by atoms with Gasteiger partial charge in [0.15, 0.2) is 0 Å². The van der Waals surface area contributed by atoms with Gasteiger partial charge in [0.05, 0.1) is 11.6 Å². The van der Waals surface area contributed by atoms with E-state index in [9.17, 15) is 13.6 Å². The van der Waals surface area contributed by atoms with E-state index in [-0.39, 0.29) is 4.47 Å². The Morgan fingerprint density at radius 1 is 1.14 bits per heavy atom. The Balaban J connectivity index is 2.30. The summed E-state index contributed by atoms with van der Waals surface area (Å²) in [5.41, 5.74) is -0.276. The molecule has 0 bridgehead atoms. The number of carbonyl (C=O) groups excluding carboxylic acids is 1. The van der Waals surface area contributed by atoms with E-state index in [2.05, 4.69) is 37.2 Å². The average molecular weight is 421 g/mol. The third-order valence-electron chi connectivity index (χ3n) is 2.64.